The zero-order valence-electron chi connectivity index (χ0n) is 8.59. The molecule has 0 fully saturated rings. The van der Waals surface area contributed by atoms with Gasteiger partial charge in [-0.1, -0.05) is 55.3 Å². The van der Waals surface area contributed by atoms with Crippen LogP contribution in [0.4, 0.5) is 0 Å². The molecule has 0 aliphatic heterocycles. The summed E-state index contributed by atoms with van der Waals surface area (Å²) in [5.74, 6) is 0. The number of benzene rings is 1. The Bertz CT molecular complexity index is 271. The Labute approximate surface area is 81.3 Å². The summed E-state index contributed by atoms with van der Waals surface area (Å²) in [5, 5.41) is 0. The summed E-state index contributed by atoms with van der Waals surface area (Å²) >= 11 is 0. The second-order valence-corrected chi connectivity index (χ2v) is 3.45. The summed E-state index contributed by atoms with van der Waals surface area (Å²) in [4.78, 5) is 0. The van der Waals surface area contributed by atoms with Gasteiger partial charge >= 0.3 is 0 Å². The third kappa shape index (κ3) is 3.93. The number of hydrogen-bond acceptors (Lipinski definition) is 0. The Hall–Kier alpha value is -1.04. The average Bonchev–Trinajstić information content (AvgIpc) is 2.13. The first-order valence-corrected chi connectivity index (χ1v) is 5.03. The van der Waals surface area contributed by atoms with Crippen LogP contribution in [0, 0.1) is 6.92 Å². The van der Waals surface area contributed by atoms with E-state index in [2.05, 4.69) is 50.3 Å². The van der Waals surface area contributed by atoms with Crippen molar-refractivity contribution in [3.05, 3.63) is 47.5 Å². The van der Waals surface area contributed by atoms with Crippen molar-refractivity contribution in [1.29, 1.82) is 0 Å². The molecule has 0 heterocycles. The third-order valence-corrected chi connectivity index (χ3v) is 2.06. The Morgan fingerprint density at radius 1 is 1.23 bits per heavy atom. The minimum atomic E-state index is 1.07. The van der Waals surface area contributed by atoms with E-state index in [9.17, 15) is 0 Å². The molecule has 70 valence electrons. The first-order chi connectivity index (χ1) is 6.33. The van der Waals surface area contributed by atoms with Gasteiger partial charge in [0.05, 0.1) is 0 Å². The van der Waals surface area contributed by atoms with Gasteiger partial charge in [-0.2, -0.15) is 0 Å². The lowest BCUT2D eigenvalue weighted by atomic mass is 10.1. The summed E-state index contributed by atoms with van der Waals surface area (Å²) in [6.07, 6.45) is 8.04. The van der Waals surface area contributed by atoms with E-state index in [1.165, 1.54) is 24.0 Å². The molecule has 0 aromatic heterocycles. The molecule has 0 unspecified atom stereocenters. The molecule has 0 spiro atoms. The van der Waals surface area contributed by atoms with Crippen LogP contribution in [0.2, 0.25) is 0 Å². The molecule has 0 nitrogen and oxygen atoms in total. The van der Waals surface area contributed by atoms with Gasteiger partial charge in [0, 0.05) is 0 Å². The predicted molar refractivity (Wildman–Crippen MR) is 58.9 cm³/mol. The van der Waals surface area contributed by atoms with E-state index in [1.54, 1.807) is 0 Å². The number of allylic oxidation sites excluding steroid dienone is 2. The molecule has 0 N–H and O–H groups in total. The molecule has 0 atom stereocenters. The lowest BCUT2D eigenvalue weighted by Gasteiger charge is -1.97. The first-order valence-electron chi connectivity index (χ1n) is 5.03. The van der Waals surface area contributed by atoms with E-state index < -0.39 is 0 Å². The Morgan fingerprint density at radius 2 is 2.08 bits per heavy atom. The van der Waals surface area contributed by atoms with Crippen LogP contribution in [0.5, 0.6) is 0 Å². The van der Waals surface area contributed by atoms with Crippen LogP contribution in [-0.2, 0) is 6.42 Å². The number of unbranched alkanes of at least 4 members (excludes halogenated alkanes) is 1. The fourth-order valence-electron chi connectivity index (χ4n) is 1.34. The molecule has 1 rings (SSSR count). The molecule has 1 aromatic rings. The molecule has 0 aliphatic rings. The van der Waals surface area contributed by atoms with Crippen LogP contribution >= 0.6 is 0 Å². The smallest absolute Gasteiger partial charge is 0.00974 e. The maximum Gasteiger partial charge on any atom is -0.00974 e. The quantitative estimate of drug-likeness (QED) is 0.607. The standard InChI is InChI=1S/C13H18/c1-3-4-5-6-9-13-10-7-8-12(2)11-13/h5-8,10-11H,3-4,9H2,1-2H3/b6-5-. The van der Waals surface area contributed by atoms with Crippen molar-refractivity contribution in [2.75, 3.05) is 0 Å². The molecule has 13 heavy (non-hydrogen) atoms. The van der Waals surface area contributed by atoms with Crippen molar-refractivity contribution >= 4 is 0 Å². The van der Waals surface area contributed by atoms with Crippen molar-refractivity contribution in [1.82, 2.24) is 0 Å². The molecular weight excluding hydrogens is 156 g/mol. The van der Waals surface area contributed by atoms with Crippen LogP contribution in [0.1, 0.15) is 30.9 Å². The van der Waals surface area contributed by atoms with E-state index in [4.69, 9.17) is 0 Å². The summed E-state index contributed by atoms with van der Waals surface area (Å²) in [5.41, 5.74) is 2.76. The Morgan fingerprint density at radius 3 is 2.77 bits per heavy atom. The van der Waals surface area contributed by atoms with E-state index in [1.807, 2.05) is 0 Å². The summed E-state index contributed by atoms with van der Waals surface area (Å²) in [6.45, 7) is 4.34. The lowest BCUT2D eigenvalue weighted by molar-refractivity contribution is 0.953. The Balaban J connectivity index is 2.45. The Kier molecular flexibility index (Phi) is 4.31. The first kappa shape index (κ1) is 10.0. The fraction of sp³-hybridized carbons (Fsp3) is 0.385. The minimum Gasteiger partial charge on any atom is -0.0882 e. The van der Waals surface area contributed by atoms with E-state index >= 15 is 0 Å². The minimum absolute atomic E-state index is 1.07. The third-order valence-electron chi connectivity index (χ3n) is 2.06. The molecule has 0 saturated heterocycles. The molecule has 0 heteroatoms. The lowest BCUT2D eigenvalue weighted by Crippen LogP contribution is -1.81. The fourth-order valence-corrected chi connectivity index (χ4v) is 1.34. The highest BCUT2D eigenvalue weighted by Gasteiger charge is 1.88. The van der Waals surface area contributed by atoms with E-state index in [-0.39, 0.29) is 0 Å². The molecule has 0 radical (unpaired) electrons. The van der Waals surface area contributed by atoms with E-state index in [0.29, 0.717) is 0 Å². The monoisotopic (exact) mass is 174 g/mol. The zero-order chi connectivity index (χ0) is 9.52. The molecular formula is C13H18. The summed E-state index contributed by atoms with van der Waals surface area (Å²) in [6, 6.07) is 8.69. The van der Waals surface area contributed by atoms with Gasteiger partial charge in [-0.3, -0.25) is 0 Å². The maximum absolute atomic E-state index is 2.27. The second kappa shape index (κ2) is 5.58. The number of rotatable bonds is 4. The highest BCUT2D eigenvalue weighted by Crippen LogP contribution is 2.05. The number of aryl methyl sites for hydroxylation is 1. The van der Waals surface area contributed by atoms with Crippen molar-refractivity contribution in [3.8, 4) is 0 Å². The van der Waals surface area contributed by atoms with E-state index in [0.717, 1.165) is 6.42 Å². The van der Waals surface area contributed by atoms with Crippen LogP contribution in [0.25, 0.3) is 0 Å². The van der Waals surface area contributed by atoms with Crippen LogP contribution < -0.4 is 0 Å². The van der Waals surface area contributed by atoms with Gasteiger partial charge in [0.2, 0.25) is 0 Å². The predicted octanol–water partition coefficient (Wildman–Crippen LogP) is 3.89. The van der Waals surface area contributed by atoms with Gasteiger partial charge in [0.1, 0.15) is 0 Å². The van der Waals surface area contributed by atoms with Gasteiger partial charge in [-0.25, -0.2) is 0 Å². The van der Waals surface area contributed by atoms with Crippen LogP contribution in [0.3, 0.4) is 0 Å². The van der Waals surface area contributed by atoms with Crippen LogP contribution in [-0.4, -0.2) is 0 Å². The van der Waals surface area contributed by atoms with Crippen molar-refractivity contribution in [3.63, 3.8) is 0 Å². The van der Waals surface area contributed by atoms with Crippen LogP contribution in [0.15, 0.2) is 36.4 Å². The second-order valence-electron chi connectivity index (χ2n) is 3.45. The SMILES string of the molecule is CCC/C=C\Cc1cccc(C)c1. The van der Waals surface area contributed by atoms with Gasteiger partial charge in [-0.05, 0) is 25.3 Å². The highest BCUT2D eigenvalue weighted by molar-refractivity contribution is 5.23. The van der Waals surface area contributed by atoms with Crippen molar-refractivity contribution in [2.45, 2.75) is 33.1 Å². The number of hydrogen-bond donors (Lipinski definition) is 0. The molecule has 1 aromatic carbocycles. The van der Waals surface area contributed by atoms with Gasteiger partial charge in [-0.15, -0.1) is 0 Å². The van der Waals surface area contributed by atoms with Crippen molar-refractivity contribution in [2.24, 2.45) is 0 Å². The molecule has 0 amide bonds. The molecule has 0 saturated carbocycles. The molecule has 0 aliphatic carbocycles. The maximum atomic E-state index is 2.27. The van der Waals surface area contributed by atoms with Gasteiger partial charge < -0.3 is 0 Å². The zero-order valence-corrected chi connectivity index (χ0v) is 8.59. The van der Waals surface area contributed by atoms with Crippen molar-refractivity contribution < 1.29 is 0 Å². The highest BCUT2D eigenvalue weighted by atomic mass is 13.9. The summed E-state index contributed by atoms with van der Waals surface area (Å²) < 4.78 is 0. The van der Waals surface area contributed by atoms with Gasteiger partial charge in [0.25, 0.3) is 0 Å². The average molecular weight is 174 g/mol. The largest absolute Gasteiger partial charge is 0.0882 e. The molecule has 0 bridgehead atoms. The van der Waals surface area contributed by atoms with Gasteiger partial charge in [0.15, 0.2) is 0 Å². The topological polar surface area (TPSA) is 0 Å². The normalized spacial score (nSPS) is 10.9. The summed E-state index contributed by atoms with van der Waals surface area (Å²) in [7, 11) is 0.